The highest BCUT2D eigenvalue weighted by Crippen LogP contribution is 2.28. The predicted octanol–water partition coefficient (Wildman–Crippen LogP) is 2.28. The number of anilines is 1. The molecule has 0 aliphatic rings. The van der Waals surface area contributed by atoms with Crippen molar-refractivity contribution in [1.82, 2.24) is 5.32 Å². The number of non-ortho nitro benzene ring substituents is 1. The molecule has 0 unspecified atom stereocenters. The first-order chi connectivity index (χ1) is 12.4. The maximum absolute atomic E-state index is 11.7. The van der Waals surface area contributed by atoms with E-state index in [2.05, 4.69) is 10.6 Å². The zero-order valence-electron chi connectivity index (χ0n) is 14.9. The number of nitro benzene ring substituents is 2. The van der Waals surface area contributed by atoms with Crippen molar-refractivity contribution >= 4 is 29.1 Å². The van der Waals surface area contributed by atoms with Crippen LogP contribution in [0.1, 0.15) is 27.2 Å². The Balaban J connectivity index is 2.76. The Kier molecular flexibility index (Phi) is 7.02. The number of benzene rings is 1. The largest absolute Gasteiger partial charge is 0.480 e. The molecule has 0 fully saturated rings. The van der Waals surface area contributed by atoms with Gasteiger partial charge in [0, 0.05) is 12.6 Å². The number of carbonyl (C=O) groups is 2. The van der Waals surface area contributed by atoms with E-state index in [0.717, 1.165) is 18.2 Å². The number of rotatable bonds is 8. The van der Waals surface area contributed by atoms with Gasteiger partial charge < -0.3 is 20.5 Å². The number of carboxylic acids is 1. The van der Waals surface area contributed by atoms with Crippen LogP contribution in [-0.4, -0.2) is 45.2 Å². The smallest absolute Gasteiger partial charge is 0.408 e. The summed E-state index contributed by atoms with van der Waals surface area (Å²) >= 11 is 0. The van der Waals surface area contributed by atoms with Gasteiger partial charge in [0.25, 0.3) is 11.4 Å². The molecule has 12 heteroatoms. The minimum absolute atomic E-state index is 0.00740. The second-order valence-corrected chi connectivity index (χ2v) is 6.47. The van der Waals surface area contributed by atoms with E-state index >= 15 is 0 Å². The molecule has 0 aliphatic carbocycles. The fourth-order valence-corrected chi connectivity index (χ4v) is 1.99. The molecule has 0 aromatic heterocycles. The molecule has 0 heterocycles. The normalized spacial score (nSPS) is 12.0. The first kappa shape index (κ1) is 21.6. The second-order valence-electron chi connectivity index (χ2n) is 6.47. The van der Waals surface area contributed by atoms with Gasteiger partial charge in [-0.3, -0.25) is 20.2 Å². The monoisotopic (exact) mass is 384 g/mol. The van der Waals surface area contributed by atoms with Gasteiger partial charge in [-0.05, 0) is 33.3 Å². The van der Waals surface area contributed by atoms with Crippen LogP contribution in [0.2, 0.25) is 0 Å². The van der Waals surface area contributed by atoms with Crippen LogP contribution >= 0.6 is 0 Å². The molecule has 0 saturated heterocycles. The quantitative estimate of drug-likeness (QED) is 0.448. The number of aliphatic carboxylic acids is 1. The third-order valence-electron chi connectivity index (χ3n) is 3.13. The first-order valence-electron chi connectivity index (χ1n) is 7.79. The van der Waals surface area contributed by atoms with E-state index in [4.69, 9.17) is 4.74 Å². The van der Waals surface area contributed by atoms with Crippen molar-refractivity contribution in [3.8, 4) is 0 Å². The number of alkyl carbamates (subject to hydrolysis) is 1. The molecule has 1 atom stereocenters. The average molecular weight is 384 g/mol. The lowest BCUT2D eigenvalue weighted by Gasteiger charge is -2.22. The highest BCUT2D eigenvalue weighted by molar-refractivity contribution is 5.80. The van der Waals surface area contributed by atoms with Gasteiger partial charge in [0.2, 0.25) is 0 Å². The Morgan fingerprint density at radius 2 is 1.85 bits per heavy atom. The van der Waals surface area contributed by atoms with Crippen LogP contribution in [0.15, 0.2) is 18.2 Å². The molecule has 1 amide bonds. The van der Waals surface area contributed by atoms with Crippen molar-refractivity contribution in [2.75, 3.05) is 11.9 Å². The van der Waals surface area contributed by atoms with Gasteiger partial charge in [-0.1, -0.05) is 0 Å². The zero-order valence-corrected chi connectivity index (χ0v) is 14.9. The van der Waals surface area contributed by atoms with Crippen molar-refractivity contribution < 1.29 is 29.3 Å². The summed E-state index contributed by atoms with van der Waals surface area (Å²) in [6.45, 7) is 4.82. The molecule has 0 bridgehead atoms. The van der Waals surface area contributed by atoms with E-state index in [0.29, 0.717) is 0 Å². The van der Waals surface area contributed by atoms with Gasteiger partial charge in [0.1, 0.15) is 17.3 Å². The Morgan fingerprint density at radius 1 is 1.22 bits per heavy atom. The summed E-state index contributed by atoms with van der Waals surface area (Å²) in [7, 11) is 0. The van der Waals surface area contributed by atoms with E-state index in [1.807, 2.05) is 0 Å². The van der Waals surface area contributed by atoms with E-state index in [9.17, 15) is 34.9 Å². The minimum Gasteiger partial charge on any atom is -0.480 e. The molecule has 148 valence electrons. The fourth-order valence-electron chi connectivity index (χ4n) is 1.99. The number of carbonyl (C=O) groups excluding carboxylic acids is 1. The molecule has 3 N–H and O–H groups in total. The molecule has 1 aromatic carbocycles. The fraction of sp³-hybridized carbons (Fsp3) is 0.467. The third kappa shape index (κ3) is 7.13. The van der Waals surface area contributed by atoms with Gasteiger partial charge in [0.05, 0.1) is 15.9 Å². The molecule has 1 rings (SSSR count). The SMILES string of the molecule is CC(C)(C)OC(=O)N[C@@H](CCNc1ccc([N+](=O)[O-])cc1[N+](=O)[O-])C(=O)O. The Hall–Kier alpha value is -3.44. The number of nitrogens with one attached hydrogen (secondary N) is 2. The van der Waals surface area contributed by atoms with Crippen molar-refractivity contribution in [1.29, 1.82) is 0 Å². The summed E-state index contributed by atoms with van der Waals surface area (Å²) in [5.41, 5.74) is -1.77. The molecular formula is C15H20N4O8. The number of nitro groups is 2. The van der Waals surface area contributed by atoms with Crippen molar-refractivity contribution in [2.45, 2.75) is 38.8 Å². The minimum atomic E-state index is -1.30. The molecule has 0 spiro atoms. The van der Waals surface area contributed by atoms with Gasteiger partial charge in [0.15, 0.2) is 0 Å². The standard InChI is InChI=1S/C15H20N4O8/c1-15(2,3)27-14(22)17-11(13(20)21)6-7-16-10-5-4-9(18(23)24)8-12(10)19(25)26/h4-5,8,11,16H,6-7H2,1-3H3,(H,17,22)(H,20,21)/t11-/m0/s1. The third-order valence-corrected chi connectivity index (χ3v) is 3.13. The van der Waals surface area contributed by atoms with E-state index in [1.54, 1.807) is 20.8 Å². The first-order valence-corrected chi connectivity index (χ1v) is 7.79. The molecular weight excluding hydrogens is 364 g/mol. The lowest BCUT2D eigenvalue weighted by atomic mass is 10.2. The molecule has 0 saturated carbocycles. The van der Waals surface area contributed by atoms with E-state index in [-0.39, 0.29) is 18.7 Å². The summed E-state index contributed by atoms with van der Waals surface area (Å²) in [6.07, 6.45) is -1.01. The number of hydrogen-bond donors (Lipinski definition) is 3. The molecule has 0 radical (unpaired) electrons. The number of ether oxygens (including phenoxy) is 1. The van der Waals surface area contributed by atoms with Crippen LogP contribution in [-0.2, 0) is 9.53 Å². The van der Waals surface area contributed by atoms with Gasteiger partial charge in [-0.15, -0.1) is 0 Å². The summed E-state index contributed by atoms with van der Waals surface area (Å²) in [5.74, 6) is -1.30. The Labute approximate surface area is 153 Å². The number of nitrogens with zero attached hydrogens (tertiary/aromatic N) is 2. The number of amides is 1. The van der Waals surface area contributed by atoms with Crippen LogP contribution in [0.25, 0.3) is 0 Å². The lowest BCUT2D eigenvalue weighted by molar-refractivity contribution is -0.393. The second kappa shape index (κ2) is 8.78. The van der Waals surface area contributed by atoms with Crippen molar-refractivity contribution in [3.05, 3.63) is 38.4 Å². The predicted molar refractivity (Wildman–Crippen MR) is 93.7 cm³/mol. The van der Waals surface area contributed by atoms with Crippen molar-refractivity contribution in [2.24, 2.45) is 0 Å². The summed E-state index contributed by atoms with van der Waals surface area (Å²) in [5, 5.41) is 35.8. The highest BCUT2D eigenvalue weighted by atomic mass is 16.6. The van der Waals surface area contributed by atoms with E-state index < -0.39 is 44.9 Å². The molecule has 12 nitrogen and oxygen atoms in total. The average Bonchev–Trinajstić information content (AvgIpc) is 2.51. The van der Waals surface area contributed by atoms with Crippen LogP contribution in [0.4, 0.5) is 21.9 Å². The summed E-state index contributed by atoms with van der Waals surface area (Å²) in [4.78, 5) is 43.2. The lowest BCUT2D eigenvalue weighted by Crippen LogP contribution is -2.44. The Bertz CT molecular complexity index is 744. The van der Waals surface area contributed by atoms with Gasteiger partial charge in [-0.25, -0.2) is 9.59 Å². The van der Waals surface area contributed by atoms with Crippen molar-refractivity contribution in [3.63, 3.8) is 0 Å². The highest BCUT2D eigenvalue weighted by Gasteiger charge is 2.24. The topological polar surface area (TPSA) is 174 Å². The number of carboxylic acid groups (broad SMARTS) is 1. The van der Waals surface area contributed by atoms with Gasteiger partial charge in [-0.2, -0.15) is 0 Å². The summed E-state index contributed by atoms with van der Waals surface area (Å²) in [6, 6.07) is 1.76. The Morgan fingerprint density at radius 3 is 2.33 bits per heavy atom. The van der Waals surface area contributed by atoms with Gasteiger partial charge >= 0.3 is 12.1 Å². The summed E-state index contributed by atoms with van der Waals surface area (Å²) < 4.78 is 4.98. The van der Waals surface area contributed by atoms with Crippen LogP contribution in [0.3, 0.4) is 0 Å². The maximum Gasteiger partial charge on any atom is 0.408 e. The van der Waals surface area contributed by atoms with Crippen LogP contribution in [0, 0.1) is 20.2 Å². The van der Waals surface area contributed by atoms with Crippen LogP contribution < -0.4 is 10.6 Å². The zero-order chi connectivity index (χ0) is 20.8. The molecule has 27 heavy (non-hydrogen) atoms. The molecule has 1 aromatic rings. The number of hydrogen-bond acceptors (Lipinski definition) is 8. The maximum atomic E-state index is 11.7. The van der Waals surface area contributed by atoms with E-state index in [1.165, 1.54) is 0 Å². The molecule has 0 aliphatic heterocycles. The van der Waals surface area contributed by atoms with Crippen LogP contribution in [0.5, 0.6) is 0 Å².